The second-order valence-electron chi connectivity index (χ2n) is 0.401. The van der Waals surface area contributed by atoms with Crippen LogP contribution in [0.5, 0.6) is 0 Å². The molecule has 0 aromatic rings. The van der Waals surface area contributed by atoms with Gasteiger partial charge in [0.25, 0.3) is 0 Å². The van der Waals surface area contributed by atoms with E-state index in [1.54, 1.807) is 0 Å². The Hall–Kier alpha value is 0.798. The zero-order valence-electron chi connectivity index (χ0n) is 3.63. The Labute approximate surface area is 54.9 Å². The average molecular weight is 278 g/mol. The first-order chi connectivity index (χ1) is 1.73. The van der Waals surface area contributed by atoms with Crippen LogP contribution < -0.4 is 0 Å². The topological polar surface area (TPSA) is 40.1 Å². The minimum atomic E-state index is -1.86. The van der Waals surface area contributed by atoms with Gasteiger partial charge >= 0.3 is 21.1 Å². The van der Waals surface area contributed by atoms with Crippen molar-refractivity contribution in [2.24, 2.45) is 0 Å². The minimum absolute atomic E-state index is 0. The minimum Gasteiger partial charge on any atom is -0.773 e. The van der Waals surface area contributed by atoms with Crippen molar-refractivity contribution < 1.29 is 29.8 Å². The van der Waals surface area contributed by atoms with E-state index in [-0.39, 0.29) is 28.5 Å². The van der Waals surface area contributed by atoms with E-state index in [0.29, 0.717) is 0 Å². The number of hydrogen-bond acceptors (Lipinski definition) is 2. The van der Waals surface area contributed by atoms with Crippen LogP contribution in [0.15, 0.2) is 0 Å². The van der Waals surface area contributed by atoms with Gasteiger partial charge in [-0.05, 0) is 6.26 Å². The van der Waals surface area contributed by atoms with Crippen LogP contribution in [0.25, 0.3) is 0 Å². The van der Waals surface area contributed by atoms with Gasteiger partial charge in [-0.1, -0.05) is 11.1 Å². The van der Waals surface area contributed by atoms with Gasteiger partial charge in [0.05, 0.1) is 0 Å². The molecular weight excluding hydrogens is 272 g/mol. The maximum Gasteiger partial charge on any atom is 2.00 e. The second kappa shape index (κ2) is 9.25. The summed E-state index contributed by atoms with van der Waals surface area (Å²) >= 11 is -1.86. The standard InChI is InChI=1S/CH4O2S.CH3.W/c1-4(2)3;;/h1H3,(H,2,3);1H3;/q;-1;+2/p-1. The Morgan fingerprint density at radius 3 is 1.67 bits per heavy atom. The summed E-state index contributed by atoms with van der Waals surface area (Å²) in [5.41, 5.74) is 0. The van der Waals surface area contributed by atoms with Gasteiger partial charge in [0, 0.05) is 0 Å². The van der Waals surface area contributed by atoms with Crippen LogP contribution in [-0.2, 0) is 32.1 Å². The Morgan fingerprint density at radius 1 is 1.67 bits per heavy atom. The molecule has 0 aliphatic rings. The third-order valence-electron chi connectivity index (χ3n) is 0. The Balaban J connectivity index is -0.0000000450. The summed E-state index contributed by atoms with van der Waals surface area (Å²) in [6.07, 6.45) is 1.08. The molecule has 0 spiro atoms. The van der Waals surface area contributed by atoms with Gasteiger partial charge < -0.3 is 12.0 Å². The van der Waals surface area contributed by atoms with E-state index in [0.717, 1.165) is 6.26 Å². The van der Waals surface area contributed by atoms with Crippen molar-refractivity contribution in [3.63, 3.8) is 0 Å². The maximum atomic E-state index is 9.00. The van der Waals surface area contributed by atoms with E-state index >= 15 is 0 Å². The summed E-state index contributed by atoms with van der Waals surface area (Å²) in [5.74, 6) is 0. The predicted octanol–water partition coefficient (Wildman–Crippen LogP) is -0.0569. The van der Waals surface area contributed by atoms with Gasteiger partial charge in [0.15, 0.2) is 0 Å². The van der Waals surface area contributed by atoms with Crippen LogP contribution in [0.4, 0.5) is 0 Å². The van der Waals surface area contributed by atoms with E-state index in [9.17, 15) is 0 Å². The molecule has 38 valence electrons. The molecule has 1 atom stereocenters. The fourth-order valence-electron chi connectivity index (χ4n) is 0. The summed E-state index contributed by atoms with van der Waals surface area (Å²) in [6, 6.07) is 0. The van der Waals surface area contributed by atoms with Gasteiger partial charge in [-0.15, -0.1) is 0 Å². The Kier molecular flexibility index (Phi) is 24.4. The summed E-state index contributed by atoms with van der Waals surface area (Å²) in [7, 11) is 0. The van der Waals surface area contributed by atoms with Gasteiger partial charge in [-0.2, -0.15) is 0 Å². The van der Waals surface area contributed by atoms with Crippen molar-refractivity contribution in [1.82, 2.24) is 0 Å². The van der Waals surface area contributed by atoms with Crippen LogP contribution in [-0.4, -0.2) is 15.0 Å². The van der Waals surface area contributed by atoms with E-state index in [4.69, 9.17) is 8.76 Å². The van der Waals surface area contributed by atoms with Crippen LogP contribution in [0, 0.1) is 7.43 Å². The van der Waals surface area contributed by atoms with Crippen LogP contribution in [0.2, 0.25) is 0 Å². The third kappa shape index (κ3) is 109. The second-order valence-corrected chi connectivity index (χ2v) is 1.20. The zero-order valence-corrected chi connectivity index (χ0v) is 7.38. The molecule has 0 saturated carbocycles. The number of rotatable bonds is 0. The molecule has 1 unspecified atom stereocenters. The molecular formula is C2H6O2SW. The molecule has 0 aromatic carbocycles. The summed E-state index contributed by atoms with van der Waals surface area (Å²) in [5, 5.41) is 0. The van der Waals surface area contributed by atoms with Crippen molar-refractivity contribution in [1.29, 1.82) is 0 Å². The van der Waals surface area contributed by atoms with Gasteiger partial charge in [-0.25, -0.2) is 0 Å². The van der Waals surface area contributed by atoms with E-state index < -0.39 is 11.1 Å². The third-order valence-corrected chi connectivity index (χ3v) is 0. The fourth-order valence-corrected chi connectivity index (χ4v) is 0. The van der Waals surface area contributed by atoms with Crippen LogP contribution in [0.3, 0.4) is 0 Å². The monoisotopic (exact) mass is 278 g/mol. The van der Waals surface area contributed by atoms with Crippen molar-refractivity contribution in [3.05, 3.63) is 7.43 Å². The molecule has 0 bridgehead atoms. The largest absolute Gasteiger partial charge is 2.00 e. The molecule has 0 heterocycles. The van der Waals surface area contributed by atoms with Crippen molar-refractivity contribution >= 4 is 11.1 Å². The van der Waals surface area contributed by atoms with E-state index in [2.05, 4.69) is 0 Å². The fraction of sp³-hybridized carbons (Fsp3) is 0.500. The first-order valence-corrected chi connectivity index (χ1v) is 2.22. The molecule has 0 fully saturated rings. The molecule has 0 aliphatic carbocycles. The molecule has 6 heavy (non-hydrogen) atoms. The predicted molar refractivity (Wildman–Crippen MR) is 21.3 cm³/mol. The maximum absolute atomic E-state index is 9.00. The quantitative estimate of drug-likeness (QED) is 0.460. The zero-order chi connectivity index (χ0) is 3.58. The first-order valence-electron chi connectivity index (χ1n) is 0.742. The SMILES string of the molecule is CS(=O)[O-].[CH3-].[W+2]. The first kappa shape index (κ1) is 15.8. The smallest absolute Gasteiger partial charge is 0.773 e. The summed E-state index contributed by atoms with van der Waals surface area (Å²) < 4.78 is 18.0. The summed E-state index contributed by atoms with van der Waals surface area (Å²) in [6.45, 7) is 0. The van der Waals surface area contributed by atoms with Crippen molar-refractivity contribution in [3.8, 4) is 0 Å². The van der Waals surface area contributed by atoms with Crippen LogP contribution >= 0.6 is 0 Å². The normalized spacial score (nSPS) is 10.3. The van der Waals surface area contributed by atoms with Gasteiger partial charge in [-0.3, -0.25) is 4.21 Å². The Morgan fingerprint density at radius 2 is 1.67 bits per heavy atom. The Bertz CT molecular complexity index is 34.5. The molecule has 0 radical (unpaired) electrons. The molecule has 0 amide bonds. The van der Waals surface area contributed by atoms with Crippen LogP contribution in [0.1, 0.15) is 0 Å². The van der Waals surface area contributed by atoms with E-state index in [1.807, 2.05) is 0 Å². The summed E-state index contributed by atoms with van der Waals surface area (Å²) in [4.78, 5) is 0. The van der Waals surface area contributed by atoms with Crippen molar-refractivity contribution in [2.45, 2.75) is 0 Å². The molecule has 0 saturated heterocycles. The molecule has 0 N–H and O–H groups in total. The average Bonchev–Trinajstić information content (AvgIpc) is 0.811. The van der Waals surface area contributed by atoms with E-state index in [1.165, 1.54) is 0 Å². The molecule has 0 rings (SSSR count). The number of hydrogen-bond donors (Lipinski definition) is 0. The molecule has 0 aliphatic heterocycles. The molecule has 0 aromatic heterocycles. The molecule has 4 heteroatoms. The van der Waals surface area contributed by atoms with Gasteiger partial charge in [0.1, 0.15) is 0 Å². The van der Waals surface area contributed by atoms with Crippen molar-refractivity contribution in [2.75, 3.05) is 6.26 Å². The molecule has 2 nitrogen and oxygen atoms in total. The van der Waals surface area contributed by atoms with Gasteiger partial charge in [0.2, 0.25) is 0 Å².